The number of nitrogens with zero attached hydrogens (tertiary/aromatic N) is 1. The molecule has 0 aliphatic carbocycles. The fourth-order valence-corrected chi connectivity index (χ4v) is 6.79. The van der Waals surface area contributed by atoms with Gasteiger partial charge in [-0.05, 0) is 19.8 Å². The predicted octanol–water partition coefficient (Wildman–Crippen LogP) is 12.4. The first-order valence-corrected chi connectivity index (χ1v) is 20.1. The maximum atomic E-state index is 13.3. The van der Waals surface area contributed by atoms with Crippen LogP contribution < -0.4 is 0 Å². The Morgan fingerprint density at radius 2 is 0.614 bits per heavy atom. The van der Waals surface area contributed by atoms with E-state index in [2.05, 4.69) is 13.8 Å². The molecule has 2 amide bonds. The van der Waals surface area contributed by atoms with Gasteiger partial charge in [0, 0.05) is 0 Å². The average Bonchev–Trinajstić information content (AvgIpc) is 3.03. The summed E-state index contributed by atoms with van der Waals surface area (Å²) in [6, 6.07) is 0. The lowest BCUT2D eigenvalue weighted by Gasteiger charge is -2.32. The lowest BCUT2D eigenvalue weighted by Crippen LogP contribution is -2.58. The molecule has 0 aromatic rings. The summed E-state index contributed by atoms with van der Waals surface area (Å²) in [7, 11) is 0. The van der Waals surface area contributed by atoms with E-state index in [1.54, 1.807) is 0 Å². The van der Waals surface area contributed by atoms with E-state index in [1.807, 2.05) is 6.92 Å². The van der Waals surface area contributed by atoms with Gasteiger partial charge in [0.15, 0.2) is 0 Å². The summed E-state index contributed by atoms with van der Waals surface area (Å²) < 4.78 is -0.145. The fraction of sp³-hybridized carbons (Fsp3) is 0.950. The molecule has 0 aliphatic heterocycles. The molecule has 0 aromatic carbocycles. The monoisotopic (exact) mass is 623 g/mol. The molecule has 4 nitrogen and oxygen atoms in total. The number of aliphatic hydroxyl groups is 1. The highest BCUT2D eigenvalue weighted by Gasteiger charge is 2.41. The van der Waals surface area contributed by atoms with Gasteiger partial charge in [-0.15, -0.1) is 0 Å². The third kappa shape index (κ3) is 24.5. The first-order chi connectivity index (χ1) is 21.6. The van der Waals surface area contributed by atoms with Crippen molar-refractivity contribution in [3.8, 4) is 0 Å². The maximum Gasteiger partial charge on any atom is 0.321 e. The quantitative estimate of drug-likeness (QED) is 0.0565. The van der Waals surface area contributed by atoms with Crippen LogP contribution in [0.1, 0.15) is 226 Å². The third-order valence-corrected chi connectivity index (χ3v) is 9.96. The number of amides is 2. The summed E-state index contributed by atoms with van der Waals surface area (Å²) in [5.74, 6) is 0.0596. The molecule has 0 saturated carbocycles. The standard InChI is InChI=1S/C40H80NO3/c1-4-7-9-11-13-15-17-19-21-23-25-27-29-31-33-35-39(43)41(6-3,37-38-42)40(44)36-34-32-30-28-26-24-22-20-18-16-14-12-10-8-5-2/h42H,4-38H2,1-3H3/q+1. The lowest BCUT2D eigenvalue weighted by molar-refractivity contribution is -0.778. The number of hydrogen-bond donors (Lipinski definition) is 1. The Bertz CT molecular complexity index is 574. The van der Waals surface area contributed by atoms with Crippen LogP contribution in [0.3, 0.4) is 0 Å². The molecule has 0 atom stereocenters. The van der Waals surface area contributed by atoms with Gasteiger partial charge >= 0.3 is 11.8 Å². The summed E-state index contributed by atoms with van der Waals surface area (Å²) in [4.78, 5) is 26.5. The zero-order valence-corrected chi connectivity index (χ0v) is 30.5. The van der Waals surface area contributed by atoms with Gasteiger partial charge in [-0.3, -0.25) is 0 Å². The van der Waals surface area contributed by atoms with Gasteiger partial charge in [-0.2, -0.15) is 4.48 Å². The van der Waals surface area contributed by atoms with E-state index in [9.17, 15) is 14.7 Å². The van der Waals surface area contributed by atoms with Crippen LogP contribution in [0.4, 0.5) is 0 Å². The molecular weight excluding hydrogens is 542 g/mol. The van der Waals surface area contributed by atoms with E-state index in [1.165, 1.54) is 167 Å². The van der Waals surface area contributed by atoms with E-state index in [0.29, 0.717) is 19.4 Å². The summed E-state index contributed by atoms with van der Waals surface area (Å²) >= 11 is 0. The van der Waals surface area contributed by atoms with Crippen molar-refractivity contribution in [2.24, 2.45) is 0 Å². The Hall–Kier alpha value is -0.740. The van der Waals surface area contributed by atoms with Crippen molar-refractivity contribution in [1.82, 2.24) is 0 Å². The summed E-state index contributed by atoms with van der Waals surface area (Å²) in [6.07, 6.45) is 40.1. The molecule has 1 N–H and O–H groups in total. The van der Waals surface area contributed by atoms with Crippen LogP contribution >= 0.6 is 0 Å². The summed E-state index contributed by atoms with van der Waals surface area (Å²) in [5.41, 5.74) is 0. The van der Waals surface area contributed by atoms with E-state index in [-0.39, 0.29) is 29.4 Å². The first-order valence-electron chi connectivity index (χ1n) is 20.1. The molecule has 0 spiro atoms. The number of likely N-dealkylation sites (N-methyl/N-ethyl adjacent to an activating group) is 1. The molecule has 4 heteroatoms. The largest absolute Gasteiger partial charge is 0.390 e. The van der Waals surface area contributed by atoms with Crippen molar-refractivity contribution in [3.05, 3.63) is 0 Å². The molecule has 0 saturated heterocycles. The number of quaternary nitrogens is 1. The molecule has 0 bridgehead atoms. The summed E-state index contributed by atoms with van der Waals surface area (Å²) in [6.45, 7) is 7.09. The fourth-order valence-electron chi connectivity index (χ4n) is 6.79. The average molecular weight is 623 g/mol. The van der Waals surface area contributed by atoms with Gasteiger partial charge in [0.05, 0.1) is 26.0 Å². The maximum absolute atomic E-state index is 13.3. The van der Waals surface area contributed by atoms with Crippen LogP contribution in [0, 0.1) is 0 Å². The van der Waals surface area contributed by atoms with Crippen LogP contribution in [-0.4, -0.2) is 41.1 Å². The minimum atomic E-state index is -0.145. The summed E-state index contributed by atoms with van der Waals surface area (Å²) in [5, 5.41) is 9.72. The third-order valence-electron chi connectivity index (χ3n) is 9.96. The SMILES string of the molecule is CCCCCCCCCCCCCCCCCC(=O)[N+](CC)(CCO)C(=O)CCCCCCCCCCCCCCCCC. The number of carbonyl (C=O) groups excluding carboxylic acids is 2. The minimum absolute atomic E-state index is 0.0298. The molecule has 0 radical (unpaired) electrons. The van der Waals surface area contributed by atoms with Gasteiger partial charge in [0.1, 0.15) is 6.54 Å². The topological polar surface area (TPSA) is 54.4 Å². The lowest BCUT2D eigenvalue weighted by atomic mass is 10.0. The highest BCUT2D eigenvalue weighted by Crippen LogP contribution is 2.20. The molecule has 0 aromatic heterocycles. The Kier molecular flexibility index (Phi) is 33.1. The number of carbonyl (C=O) groups is 2. The zero-order chi connectivity index (χ0) is 32.4. The Balaban J connectivity index is 3.91. The highest BCUT2D eigenvalue weighted by molar-refractivity contribution is 5.84. The predicted molar refractivity (Wildman–Crippen MR) is 192 cm³/mol. The van der Waals surface area contributed by atoms with Crippen molar-refractivity contribution >= 4 is 11.8 Å². The van der Waals surface area contributed by atoms with Crippen LogP contribution in [0.25, 0.3) is 0 Å². The first kappa shape index (κ1) is 43.3. The van der Waals surface area contributed by atoms with Gasteiger partial charge in [-0.1, -0.05) is 194 Å². The molecule has 0 rings (SSSR count). The molecule has 44 heavy (non-hydrogen) atoms. The molecule has 0 unspecified atom stereocenters. The number of unbranched alkanes of at least 4 members (excludes halogenated alkanes) is 28. The second kappa shape index (κ2) is 33.6. The van der Waals surface area contributed by atoms with Crippen LogP contribution in [0.15, 0.2) is 0 Å². The van der Waals surface area contributed by atoms with E-state index in [0.717, 1.165) is 25.7 Å². The van der Waals surface area contributed by atoms with Crippen molar-refractivity contribution in [2.75, 3.05) is 19.7 Å². The number of aliphatic hydroxyl groups excluding tert-OH is 1. The molecular formula is C40H80NO3+. The van der Waals surface area contributed by atoms with Gasteiger partial charge in [-0.25, -0.2) is 9.59 Å². The van der Waals surface area contributed by atoms with E-state index in [4.69, 9.17) is 0 Å². The van der Waals surface area contributed by atoms with Gasteiger partial charge in [0.2, 0.25) is 0 Å². The van der Waals surface area contributed by atoms with E-state index >= 15 is 0 Å². The normalized spacial score (nSPS) is 11.8. The second-order valence-electron chi connectivity index (χ2n) is 13.9. The molecule has 0 aliphatic rings. The van der Waals surface area contributed by atoms with Gasteiger partial charge in [0.25, 0.3) is 0 Å². The Labute approximate surface area is 276 Å². The highest BCUT2D eigenvalue weighted by atomic mass is 16.3. The number of hydrogen-bond acceptors (Lipinski definition) is 3. The van der Waals surface area contributed by atoms with Crippen LogP contribution in [-0.2, 0) is 9.59 Å². The number of rotatable bonds is 35. The van der Waals surface area contributed by atoms with Crippen molar-refractivity contribution < 1.29 is 19.2 Å². The zero-order valence-electron chi connectivity index (χ0n) is 30.5. The van der Waals surface area contributed by atoms with Crippen molar-refractivity contribution in [3.63, 3.8) is 0 Å². The Morgan fingerprint density at radius 3 is 0.818 bits per heavy atom. The van der Waals surface area contributed by atoms with E-state index < -0.39 is 0 Å². The van der Waals surface area contributed by atoms with Crippen LogP contribution in [0.2, 0.25) is 0 Å². The second-order valence-corrected chi connectivity index (χ2v) is 13.9. The van der Waals surface area contributed by atoms with Gasteiger partial charge < -0.3 is 5.11 Å². The molecule has 0 fully saturated rings. The molecule has 262 valence electrons. The van der Waals surface area contributed by atoms with Crippen molar-refractivity contribution in [2.45, 2.75) is 226 Å². The molecule has 0 heterocycles. The minimum Gasteiger partial charge on any atom is -0.390 e. The Morgan fingerprint density at radius 1 is 0.386 bits per heavy atom. The number of imide groups is 1. The smallest absolute Gasteiger partial charge is 0.321 e. The van der Waals surface area contributed by atoms with Crippen molar-refractivity contribution in [1.29, 1.82) is 0 Å². The van der Waals surface area contributed by atoms with Crippen LogP contribution in [0.5, 0.6) is 0 Å².